The zero-order valence-corrected chi connectivity index (χ0v) is 11.6. The van der Waals surface area contributed by atoms with Crippen LogP contribution in [0.3, 0.4) is 0 Å². The van der Waals surface area contributed by atoms with E-state index in [1.165, 1.54) is 12.5 Å². The molecule has 0 radical (unpaired) electrons. The quantitative estimate of drug-likeness (QED) is 0.859. The number of hydrogen-bond donors (Lipinski definition) is 2. The van der Waals surface area contributed by atoms with Crippen molar-refractivity contribution in [3.05, 3.63) is 42.1 Å². The zero-order valence-electron chi connectivity index (χ0n) is 11.6. The summed E-state index contributed by atoms with van der Waals surface area (Å²) in [5.41, 5.74) is 1.44. The van der Waals surface area contributed by atoms with Crippen LogP contribution in [0.2, 0.25) is 0 Å². The number of imidazole rings is 1. The van der Waals surface area contributed by atoms with Crippen LogP contribution in [0.5, 0.6) is 0 Å². The maximum atomic E-state index is 11.9. The van der Waals surface area contributed by atoms with E-state index in [1.807, 2.05) is 12.1 Å². The Kier molecular flexibility index (Phi) is 4.11. The minimum atomic E-state index is -0.177. The molecule has 0 atom stereocenters. The molecule has 1 fully saturated rings. The number of anilines is 1. The minimum absolute atomic E-state index is 0.177. The summed E-state index contributed by atoms with van der Waals surface area (Å²) in [6.45, 7) is 3.47. The van der Waals surface area contributed by atoms with Gasteiger partial charge in [-0.1, -0.05) is 6.07 Å². The number of pyridine rings is 1. The summed E-state index contributed by atoms with van der Waals surface area (Å²) in [6.07, 6.45) is 4.75. The van der Waals surface area contributed by atoms with Crippen LogP contribution in [0.15, 0.2) is 30.9 Å². The lowest BCUT2D eigenvalue weighted by Gasteiger charge is -2.29. The third kappa shape index (κ3) is 3.19. The molecule has 1 aliphatic heterocycles. The Morgan fingerprint density at radius 1 is 1.43 bits per heavy atom. The van der Waals surface area contributed by atoms with Crippen LogP contribution in [0, 0.1) is 0 Å². The Labute approximate surface area is 122 Å². The summed E-state index contributed by atoms with van der Waals surface area (Å²) < 4.78 is 5.36. The third-order valence-corrected chi connectivity index (χ3v) is 3.36. The highest BCUT2D eigenvalue weighted by Crippen LogP contribution is 2.18. The Morgan fingerprint density at radius 2 is 2.29 bits per heavy atom. The van der Waals surface area contributed by atoms with E-state index in [0.717, 1.165) is 24.5 Å². The molecule has 2 N–H and O–H groups in total. The smallest absolute Gasteiger partial charge is 0.269 e. The number of aromatic nitrogens is 3. The van der Waals surface area contributed by atoms with E-state index in [1.54, 1.807) is 6.20 Å². The molecule has 3 heterocycles. The number of rotatable bonds is 4. The molecule has 0 saturated carbocycles. The van der Waals surface area contributed by atoms with Crippen LogP contribution in [-0.2, 0) is 11.3 Å². The molecule has 110 valence electrons. The lowest BCUT2D eigenvalue weighted by molar-refractivity contribution is 0.0946. The molecule has 0 unspecified atom stereocenters. The molecular formula is C14H17N5O2. The molecule has 21 heavy (non-hydrogen) atoms. The summed E-state index contributed by atoms with van der Waals surface area (Å²) in [6, 6.07) is 3.85. The molecule has 1 aliphatic rings. The van der Waals surface area contributed by atoms with Gasteiger partial charge in [0.1, 0.15) is 11.5 Å². The van der Waals surface area contributed by atoms with Gasteiger partial charge in [0, 0.05) is 31.4 Å². The monoisotopic (exact) mass is 287 g/mol. The highest BCUT2D eigenvalue weighted by atomic mass is 16.5. The fourth-order valence-corrected chi connectivity index (χ4v) is 2.28. The number of aromatic amines is 1. The van der Waals surface area contributed by atoms with E-state index in [-0.39, 0.29) is 5.91 Å². The SMILES string of the molecule is O=C(NCc1cccnc1N1CCOCC1)c1cnc[nH]1. The molecule has 7 heteroatoms. The molecule has 1 amide bonds. The van der Waals surface area contributed by atoms with Crippen LogP contribution in [0.1, 0.15) is 16.1 Å². The van der Waals surface area contributed by atoms with E-state index < -0.39 is 0 Å². The number of nitrogens with zero attached hydrogens (tertiary/aromatic N) is 3. The standard InChI is InChI=1S/C14H17N5O2/c20-14(12-9-15-10-18-12)17-8-11-2-1-3-16-13(11)19-4-6-21-7-5-19/h1-3,9-10H,4-8H2,(H,15,18)(H,17,20). The Balaban J connectivity index is 1.69. The van der Waals surface area contributed by atoms with Gasteiger partial charge in [0.2, 0.25) is 0 Å². The van der Waals surface area contributed by atoms with Gasteiger partial charge < -0.3 is 19.9 Å². The number of carbonyl (C=O) groups excluding carboxylic acids is 1. The van der Waals surface area contributed by atoms with Crippen molar-refractivity contribution in [3.63, 3.8) is 0 Å². The van der Waals surface area contributed by atoms with Crippen molar-refractivity contribution in [1.82, 2.24) is 20.3 Å². The number of hydrogen-bond acceptors (Lipinski definition) is 5. The van der Waals surface area contributed by atoms with Crippen LogP contribution in [0.25, 0.3) is 0 Å². The van der Waals surface area contributed by atoms with Gasteiger partial charge in [-0.25, -0.2) is 9.97 Å². The number of ether oxygens (including phenoxy) is 1. The molecule has 2 aromatic rings. The minimum Gasteiger partial charge on any atom is -0.378 e. The molecule has 2 aromatic heterocycles. The molecule has 0 bridgehead atoms. The number of H-pyrrole nitrogens is 1. The zero-order chi connectivity index (χ0) is 14.5. The maximum Gasteiger partial charge on any atom is 0.269 e. The molecule has 0 aliphatic carbocycles. The normalized spacial score (nSPS) is 15.0. The molecule has 1 saturated heterocycles. The third-order valence-electron chi connectivity index (χ3n) is 3.36. The summed E-state index contributed by atoms with van der Waals surface area (Å²) in [7, 11) is 0. The van der Waals surface area contributed by atoms with Crippen molar-refractivity contribution in [2.75, 3.05) is 31.2 Å². The van der Waals surface area contributed by atoms with Crippen molar-refractivity contribution in [1.29, 1.82) is 0 Å². The first-order valence-corrected chi connectivity index (χ1v) is 6.88. The highest BCUT2D eigenvalue weighted by molar-refractivity contribution is 5.91. The van der Waals surface area contributed by atoms with Crippen molar-refractivity contribution >= 4 is 11.7 Å². The van der Waals surface area contributed by atoms with Gasteiger partial charge in [0.25, 0.3) is 5.91 Å². The van der Waals surface area contributed by atoms with Gasteiger partial charge in [0.05, 0.1) is 25.7 Å². The summed E-state index contributed by atoms with van der Waals surface area (Å²) in [5.74, 6) is 0.731. The van der Waals surface area contributed by atoms with Gasteiger partial charge in [-0.3, -0.25) is 4.79 Å². The number of morpholine rings is 1. The maximum absolute atomic E-state index is 11.9. The van der Waals surface area contributed by atoms with Gasteiger partial charge in [-0.05, 0) is 6.07 Å². The van der Waals surface area contributed by atoms with E-state index in [9.17, 15) is 4.79 Å². The van der Waals surface area contributed by atoms with Crippen molar-refractivity contribution in [2.45, 2.75) is 6.54 Å². The number of amides is 1. The summed E-state index contributed by atoms with van der Waals surface area (Å²) in [4.78, 5) is 25.2. The highest BCUT2D eigenvalue weighted by Gasteiger charge is 2.16. The Bertz CT molecular complexity index is 593. The topological polar surface area (TPSA) is 83.1 Å². The average molecular weight is 287 g/mol. The van der Waals surface area contributed by atoms with Crippen LogP contribution >= 0.6 is 0 Å². The van der Waals surface area contributed by atoms with Gasteiger partial charge in [-0.2, -0.15) is 0 Å². The first-order chi connectivity index (χ1) is 10.3. The first kappa shape index (κ1) is 13.6. The fourth-order valence-electron chi connectivity index (χ4n) is 2.28. The summed E-state index contributed by atoms with van der Waals surface area (Å²) >= 11 is 0. The Morgan fingerprint density at radius 3 is 3.05 bits per heavy atom. The van der Waals surface area contributed by atoms with Crippen molar-refractivity contribution in [3.8, 4) is 0 Å². The van der Waals surface area contributed by atoms with E-state index in [4.69, 9.17) is 4.74 Å². The lowest BCUT2D eigenvalue weighted by Crippen LogP contribution is -2.37. The van der Waals surface area contributed by atoms with Gasteiger partial charge in [0.15, 0.2) is 0 Å². The Hall–Kier alpha value is -2.41. The van der Waals surface area contributed by atoms with E-state index in [0.29, 0.717) is 25.5 Å². The second kappa shape index (κ2) is 6.36. The predicted molar refractivity (Wildman–Crippen MR) is 77.0 cm³/mol. The second-order valence-electron chi connectivity index (χ2n) is 4.73. The molecular weight excluding hydrogens is 270 g/mol. The molecule has 7 nitrogen and oxygen atoms in total. The van der Waals surface area contributed by atoms with Crippen LogP contribution in [-0.4, -0.2) is 47.2 Å². The number of carbonyl (C=O) groups is 1. The average Bonchev–Trinajstić information content (AvgIpc) is 3.08. The number of nitrogens with one attached hydrogen (secondary N) is 2. The lowest BCUT2D eigenvalue weighted by atomic mass is 10.2. The first-order valence-electron chi connectivity index (χ1n) is 6.88. The predicted octanol–water partition coefficient (Wildman–Crippen LogP) is 0.571. The second-order valence-corrected chi connectivity index (χ2v) is 4.73. The molecule has 0 aromatic carbocycles. The molecule has 0 spiro atoms. The molecule has 3 rings (SSSR count). The van der Waals surface area contributed by atoms with Gasteiger partial charge >= 0.3 is 0 Å². The largest absolute Gasteiger partial charge is 0.378 e. The van der Waals surface area contributed by atoms with Crippen LogP contribution in [0.4, 0.5) is 5.82 Å². The van der Waals surface area contributed by atoms with Crippen LogP contribution < -0.4 is 10.2 Å². The van der Waals surface area contributed by atoms with E-state index >= 15 is 0 Å². The fraction of sp³-hybridized carbons (Fsp3) is 0.357. The van der Waals surface area contributed by atoms with E-state index in [2.05, 4.69) is 25.2 Å². The van der Waals surface area contributed by atoms with Gasteiger partial charge in [-0.15, -0.1) is 0 Å². The summed E-state index contributed by atoms with van der Waals surface area (Å²) in [5, 5.41) is 2.87. The van der Waals surface area contributed by atoms with Crippen molar-refractivity contribution < 1.29 is 9.53 Å². The van der Waals surface area contributed by atoms with Crippen molar-refractivity contribution in [2.24, 2.45) is 0 Å².